The number of hydrogen-bond acceptors (Lipinski definition) is 1. The van der Waals surface area contributed by atoms with Gasteiger partial charge in [-0.25, -0.2) is 8.78 Å². The van der Waals surface area contributed by atoms with Gasteiger partial charge in [0.15, 0.2) is 0 Å². The van der Waals surface area contributed by atoms with Crippen molar-refractivity contribution in [3.8, 4) is 0 Å². The Kier molecular flexibility index (Phi) is 6.44. The van der Waals surface area contributed by atoms with E-state index < -0.39 is 11.6 Å². The van der Waals surface area contributed by atoms with Crippen LogP contribution >= 0.6 is 23.2 Å². The molecule has 166 valence electrons. The minimum atomic E-state index is -0.557. The van der Waals surface area contributed by atoms with Crippen LogP contribution in [0.15, 0.2) is 72.3 Å². The van der Waals surface area contributed by atoms with E-state index in [1.54, 1.807) is 0 Å². The average molecular weight is 472 g/mol. The molecule has 5 heteroatoms. The molecule has 1 heterocycles. The summed E-state index contributed by atoms with van der Waals surface area (Å²) in [6.45, 7) is 7.66. The maximum atomic E-state index is 14.0. The van der Waals surface area contributed by atoms with Gasteiger partial charge in [-0.2, -0.15) is 0 Å². The molecule has 0 spiro atoms. The average Bonchev–Trinajstić information content (AvgIpc) is 2.67. The number of halogens is 4. The summed E-state index contributed by atoms with van der Waals surface area (Å²) in [7, 11) is 0. The predicted octanol–water partition coefficient (Wildman–Crippen LogP) is 8.18. The Hall–Kier alpha value is -2.20. The Morgan fingerprint density at radius 1 is 0.781 bits per heavy atom. The fourth-order valence-electron chi connectivity index (χ4n) is 4.55. The molecule has 1 nitrogen and oxygen atoms in total. The molecule has 1 aliphatic heterocycles. The zero-order valence-corrected chi connectivity index (χ0v) is 19.8. The molecule has 0 aromatic heterocycles. The molecule has 1 fully saturated rings. The smallest absolute Gasteiger partial charge is 0.126 e. The summed E-state index contributed by atoms with van der Waals surface area (Å²) in [5.41, 5.74) is 4.81. The molecular formula is C27H25Cl2F2N. The van der Waals surface area contributed by atoms with Gasteiger partial charge in [0, 0.05) is 29.2 Å². The van der Waals surface area contributed by atoms with Gasteiger partial charge >= 0.3 is 0 Å². The van der Waals surface area contributed by atoms with E-state index in [-0.39, 0.29) is 11.5 Å². The van der Waals surface area contributed by atoms with Gasteiger partial charge in [-0.05, 0) is 69.6 Å². The molecule has 0 radical (unpaired) electrons. The maximum absolute atomic E-state index is 14.0. The summed E-state index contributed by atoms with van der Waals surface area (Å²) >= 11 is 12.2. The zero-order chi connectivity index (χ0) is 23.0. The van der Waals surface area contributed by atoms with Crippen LogP contribution in [-0.4, -0.2) is 18.0 Å². The van der Waals surface area contributed by atoms with Crippen LogP contribution in [0.25, 0.3) is 5.57 Å². The van der Waals surface area contributed by atoms with Gasteiger partial charge in [0.2, 0.25) is 0 Å². The summed E-state index contributed by atoms with van der Waals surface area (Å²) in [6.07, 6.45) is 0. The van der Waals surface area contributed by atoms with E-state index in [2.05, 4.69) is 25.7 Å². The topological polar surface area (TPSA) is 3.24 Å². The number of allylic oxidation sites excluding steroid dienone is 1. The highest BCUT2D eigenvalue weighted by Crippen LogP contribution is 2.43. The van der Waals surface area contributed by atoms with E-state index in [1.807, 2.05) is 48.5 Å². The van der Waals surface area contributed by atoms with Crippen molar-refractivity contribution in [3.63, 3.8) is 0 Å². The highest BCUT2D eigenvalue weighted by atomic mass is 35.5. The molecule has 1 saturated heterocycles. The van der Waals surface area contributed by atoms with Crippen molar-refractivity contribution in [1.29, 1.82) is 0 Å². The van der Waals surface area contributed by atoms with Crippen LogP contribution in [0, 0.1) is 17.0 Å². The standard InChI is InChI=1S/C27H25Cl2F2N/c1-27(2,3)25(19-12-23(30)14-24(31)13-19)20-15-32(16-20)26(17-4-8-21(28)9-5-17)18-6-10-22(29)11-7-18/h4-14,26H,15-16H2,1-3H3. The van der Waals surface area contributed by atoms with Crippen LogP contribution < -0.4 is 0 Å². The van der Waals surface area contributed by atoms with Gasteiger partial charge in [0.1, 0.15) is 11.6 Å². The lowest BCUT2D eigenvalue weighted by molar-refractivity contribution is 0.201. The first-order chi connectivity index (χ1) is 15.1. The third-order valence-electron chi connectivity index (χ3n) is 5.78. The first-order valence-corrected chi connectivity index (χ1v) is 11.3. The highest BCUT2D eigenvalue weighted by Gasteiger charge is 2.35. The monoisotopic (exact) mass is 471 g/mol. The first-order valence-electron chi connectivity index (χ1n) is 10.6. The Balaban J connectivity index is 1.72. The van der Waals surface area contributed by atoms with E-state index in [4.69, 9.17) is 23.2 Å². The van der Waals surface area contributed by atoms with E-state index in [0.717, 1.165) is 22.8 Å². The van der Waals surface area contributed by atoms with E-state index in [1.165, 1.54) is 17.7 Å². The van der Waals surface area contributed by atoms with Crippen molar-refractivity contribution >= 4 is 28.8 Å². The molecule has 3 aromatic carbocycles. The first kappa shape index (κ1) is 23.0. The summed E-state index contributed by atoms with van der Waals surface area (Å²) in [5, 5.41) is 1.38. The molecule has 0 atom stereocenters. The number of likely N-dealkylation sites (tertiary alicyclic amines) is 1. The lowest BCUT2D eigenvalue weighted by atomic mass is 9.76. The van der Waals surface area contributed by atoms with Crippen LogP contribution in [0.4, 0.5) is 8.78 Å². The van der Waals surface area contributed by atoms with Gasteiger partial charge in [-0.1, -0.05) is 68.2 Å². The summed E-state index contributed by atoms with van der Waals surface area (Å²) in [5.74, 6) is -1.11. The van der Waals surface area contributed by atoms with Crippen molar-refractivity contribution in [1.82, 2.24) is 4.90 Å². The molecule has 3 aromatic rings. The van der Waals surface area contributed by atoms with Crippen LogP contribution in [0.2, 0.25) is 10.0 Å². The van der Waals surface area contributed by atoms with Gasteiger partial charge in [-0.15, -0.1) is 0 Å². The lowest BCUT2D eigenvalue weighted by Gasteiger charge is -2.44. The molecule has 0 bridgehead atoms. The van der Waals surface area contributed by atoms with Crippen molar-refractivity contribution in [2.75, 3.05) is 13.1 Å². The summed E-state index contributed by atoms with van der Waals surface area (Å²) in [4.78, 5) is 2.35. The Morgan fingerprint density at radius 2 is 1.22 bits per heavy atom. The van der Waals surface area contributed by atoms with Crippen molar-refractivity contribution in [2.24, 2.45) is 5.41 Å². The minimum Gasteiger partial charge on any atom is -0.284 e. The number of benzene rings is 3. The van der Waals surface area contributed by atoms with Gasteiger partial charge in [0.25, 0.3) is 0 Å². The van der Waals surface area contributed by atoms with Crippen LogP contribution in [0.5, 0.6) is 0 Å². The van der Waals surface area contributed by atoms with Crippen molar-refractivity contribution < 1.29 is 8.78 Å². The fraction of sp³-hybridized carbons (Fsp3) is 0.259. The Labute approximate surface area is 198 Å². The van der Waals surface area contributed by atoms with Gasteiger partial charge < -0.3 is 0 Å². The second kappa shape index (κ2) is 8.97. The Morgan fingerprint density at radius 3 is 1.62 bits per heavy atom. The predicted molar refractivity (Wildman–Crippen MR) is 129 cm³/mol. The third-order valence-corrected chi connectivity index (χ3v) is 6.28. The molecule has 1 aliphatic rings. The number of hydrogen-bond donors (Lipinski definition) is 0. The highest BCUT2D eigenvalue weighted by molar-refractivity contribution is 6.30. The van der Waals surface area contributed by atoms with Crippen LogP contribution in [0.3, 0.4) is 0 Å². The number of nitrogens with zero attached hydrogens (tertiary/aromatic N) is 1. The quantitative estimate of drug-likeness (QED) is 0.370. The SMILES string of the molecule is CC(C)(C)C(=C1CN(C(c2ccc(Cl)cc2)c2ccc(Cl)cc2)C1)c1cc(F)cc(F)c1. The zero-order valence-electron chi connectivity index (χ0n) is 18.3. The molecule has 0 saturated carbocycles. The maximum Gasteiger partial charge on any atom is 0.126 e. The van der Waals surface area contributed by atoms with Gasteiger partial charge in [0.05, 0.1) is 6.04 Å². The molecule has 0 unspecified atom stereocenters. The summed E-state index contributed by atoms with van der Waals surface area (Å²) in [6, 6.07) is 19.5. The fourth-order valence-corrected chi connectivity index (χ4v) is 4.81. The lowest BCUT2D eigenvalue weighted by Crippen LogP contribution is -2.44. The number of rotatable bonds is 4. The van der Waals surface area contributed by atoms with E-state index in [9.17, 15) is 8.78 Å². The van der Waals surface area contributed by atoms with Crippen LogP contribution in [-0.2, 0) is 0 Å². The molecule has 32 heavy (non-hydrogen) atoms. The van der Waals surface area contributed by atoms with Gasteiger partial charge in [-0.3, -0.25) is 4.90 Å². The second-order valence-corrected chi connectivity index (χ2v) is 10.2. The van der Waals surface area contributed by atoms with E-state index in [0.29, 0.717) is 28.7 Å². The van der Waals surface area contributed by atoms with Crippen molar-refractivity contribution in [2.45, 2.75) is 26.8 Å². The molecular weight excluding hydrogens is 447 g/mol. The molecule has 4 rings (SSSR count). The minimum absolute atomic E-state index is 0.0266. The largest absolute Gasteiger partial charge is 0.284 e. The normalized spacial score (nSPS) is 14.6. The van der Waals surface area contributed by atoms with Crippen molar-refractivity contribution in [3.05, 3.63) is 111 Å². The summed E-state index contributed by atoms with van der Waals surface area (Å²) < 4.78 is 28.0. The van der Waals surface area contributed by atoms with Crippen LogP contribution in [0.1, 0.15) is 43.5 Å². The Bertz CT molecular complexity index is 1070. The molecule has 0 N–H and O–H groups in total. The second-order valence-electron chi connectivity index (χ2n) is 9.30. The van der Waals surface area contributed by atoms with E-state index >= 15 is 0 Å². The third kappa shape index (κ3) is 4.91. The molecule has 0 amide bonds. The molecule has 0 aliphatic carbocycles.